The normalized spacial score (nSPS) is 15.5. The van der Waals surface area contributed by atoms with Crippen LogP contribution < -0.4 is 5.32 Å². The number of methoxy groups -OCH3 is 1. The fourth-order valence-electron chi connectivity index (χ4n) is 1.77. The van der Waals surface area contributed by atoms with Gasteiger partial charge in [-0.2, -0.15) is 5.10 Å². The number of aliphatic hydroxyl groups is 1. The van der Waals surface area contributed by atoms with E-state index in [4.69, 9.17) is 16.3 Å². The number of halogens is 1. The van der Waals surface area contributed by atoms with Crippen LogP contribution in [0.3, 0.4) is 0 Å². The molecule has 0 spiro atoms. The maximum absolute atomic E-state index is 10.7. The van der Waals surface area contributed by atoms with E-state index in [1.807, 2.05) is 20.8 Å². The minimum Gasteiger partial charge on any atom is -0.383 e. The highest BCUT2D eigenvalue weighted by molar-refractivity contribution is 6.31. The molecule has 1 heterocycles. The van der Waals surface area contributed by atoms with Crippen molar-refractivity contribution in [3.05, 3.63) is 16.9 Å². The third kappa shape index (κ3) is 4.76. The SMILES string of the molecule is COCCn1ncc(Cl)c1C(C)(O)CNC(C)(C)C. The number of hydrogen-bond donors (Lipinski definition) is 2. The molecule has 0 fully saturated rings. The van der Waals surface area contributed by atoms with Crippen molar-refractivity contribution in [3.63, 3.8) is 0 Å². The Kier molecular flexibility index (Phi) is 5.38. The zero-order chi connectivity index (χ0) is 14.7. The van der Waals surface area contributed by atoms with Crippen LogP contribution in [0.2, 0.25) is 5.02 Å². The molecule has 0 aromatic carbocycles. The van der Waals surface area contributed by atoms with Gasteiger partial charge in [-0.05, 0) is 27.7 Å². The van der Waals surface area contributed by atoms with Crippen LogP contribution in [0, 0.1) is 0 Å². The van der Waals surface area contributed by atoms with E-state index in [1.54, 1.807) is 24.9 Å². The highest BCUT2D eigenvalue weighted by atomic mass is 35.5. The van der Waals surface area contributed by atoms with Crippen LogP contribution in [0.5, 0.6) is 0 Å². The van der Waals surface area contributed by atoms with Crippen molar-refractivity contribution in [3.8, 4) is 0 Å². The van der Waals surface area contributed by atoms with Gasteiger partial charge in [-0.15, -0.1) is 0 Å². The third-order valence-corrected chi connectivity index (χ3v) is 3.05. The van der Waals surface area contributed by atoms with Crippen molar-refractivity contribution in [1.29, 1.82) is 0 Å². The predicted octanol–water partition coefficient (Wildman–Crippen LogP) is 1.78. The van der Waals surface area contributed by atoms with E-state index in [1.165, 1.54) is 0 Å². The lowest BCUT2D eigenvalue weighted by Crippen LogP contribution is -2.45. The van der Waals surface area contributed by atoms with E-state index >= 15 is 0 Å². The average Bonchev–Trinajstić information content (AvgIpc) is 2.65. The molecule has 0 saturated heterocycles. The summed E-state index contributed by atoms with van der Waals surface area (Å²) in [5, 5.41) is 18.6. The molecular formula is C13H24ClN3O2. The van der Waals surface area contributed by atoms with Crippen molar-refractivity contribution in [1.82, 2.24) is 15.1 Å². The molecule has 0 radical (unpaired) electrons. The molecule has 1 unspecified atom stereocenters. The summed E-state index contributed by atoms with van der Waals surface area (Å²) in [6.45, 7) is 9.36. The highest BCUT2D eigenvalue weighted by Crippen LogP contribution is 2.28. The van der Waals surface area contributed by atoms with Gasteiger partial charge in [0, 0.05) is 19.2 Å². The van der Waals surface area contributed by atoms with Gasteiger partial charge in [-0.3, -0.25) is 4.68 Å². The summed E-state index contributed by atoms with van der Waals surface area (Å²) in [6.07, 6.45) is 1.55. The Labute approximate surface area is 119 Å². The molecule has 0 amide bonds. The predicted molar refractivity (Wildman–Crippen MR) is 76.4 cm³/mol. The Hall–Kier alpha value is -0.620. The van der Waals surface area contributed by atoms with Crippen molar-refractivity contribution in [2.75, 3.05) is 20.3 Å². The maximum Gasteiger partial charge on any atom is 0.117 e. The van der Waals surface area contributed by atoms with Gasteiger partial charge in [0.2, 0.25) is 0 Å². The van der Waals surface area contributed by atoms with E-state index in [9.17, 15) is 5.11 Å². The van der Waals surface area contributed by atoms with Gasteiger partial charge in [0.05, 0.1) is 30.1 Å². The number of β-amino-alcohol motifs (C(OH)–C–C–N with tert-alkyl or cyclic N) is 1. The molecule has 1 atom stereocenters. The molecule has 1 aromatic rings. The first-order valence-corrected chi connectivity index (χ1v) is 6.73. The van der Waals surface area contributed by atoms with Gasteiger partial charge in [0.1, 0.15) is 5.60 Å². The van der Waals surface area contributed by atoms with Crippen LogP contribution in [-0.2, 0) is 16.9 Å². The minimum atomic E-state index is -1.09. The number of nitrogens with one attached hydrogen (secondary N) is 1. The molecule has 0 aliphatic carbocycles. The highest BCUT2D eigenvalue weighted by Gasteiger charge is 2.31. The molecule has 0 aliphatic heterocycles. The van der Waals surface area contributed by atoms with Crippen LogP contribution in [0.15, 0.2) is 6.20 Å². The molecule has 5 nitrogen and oxygen atoms in total. The fraction of sp³-hybridized carbons (Fsp3) is 0.769. The molecule has 110 valence electrons. The molecule has 0 saturated carbocycles. The lowest BCUT2D eigenvalue weighted by molar-refractivity contribution is 0.0395. The molecule has 2 N–H and O–H groups in total. The summed E-state index contributed by atoms with van der Waals surface area (Å²) < 4.78 is 6.73. The van der Waals surface area contributed by atoms with Crippen LogP contribution in [0.25, 0.3) is 0 Å². The van der Waals surface area contributed by atoms with Gasteiger partial charge in [-0.25, -0.2) is 0 Å². The lowest BCUT2D eigenvalue weighted by Gasteiger charge is -2.30. The summed E-state index contributed by atoms with van der Waals surface area (Å²) in [7, 11) is 1.63. The first-order valence-electron chi connectivity index (χ1n) is 6.35. The van der Waals surface area contributed by atoms with Crippen molar-refractivity contribution in [2.45, 2.75) is 45.4 Å². The summed E-state index contributed by atoms with van der Waals surface area (Å²) in [4.78, 5) is 0. The van der Waals surface area contributed by atoms with E-state index < -0.39 is 5.60 Å². The maximum atomic E-state index is 10.7. The Morgan fingerprint density at radius 1 is 1.42 bits per heavy atom. The minimum absolute atomic E-state index is 0.0755. The summed E-state index contributed by atoms with van der Waals surface area (Å²) in [5.41, 5.74) is -0.550. The van der Waals surface area contributed by atoms with Crippen molar-refractivity contribution in [2.24, 2.45) is 0 Å². The van der Waals surface area contributed by atoms with Gasteiger partial charge < -0.3 is 15.2 Å². The topological polar surface area (TPSA) is 59.3 Å². The Morgan fingerprint density at radius 3 is 2.58 bits per heavy atom. The third-order valence-electron chi connectivity index (χ3n) is 2.78. The van der Waals surface area contributed by atoms with E-state index in [0.29, 0.717) is 30.4 Å². The standard InChI is InChI=1S/C13H24ClN3O2/c1-12(2,3)15-9-13(4,18)11-10(14)8-16-17(11)6-7-19-5/h8,15,18H,6-7,9H2,1-5H3. The number of nitrogens with zero attached hydrogens (tertiary/aromatic N) is 2. The summed E-state index contributed by atoms with van der Waals surface area (Å²) in [5.74, 6) is 0. The number of ether oxygens (including phenoxy) is 1. The van der Waals surface area contributed by atoms with Crippen LogP contribution in [0.4, 0.5) is 0 Å². The van der Waals surface area contributed by atoms with Gasteiger partial charge in [0.15, 0.2) is 0 Å². The largest absolute Gasteiger partial charge is 0.383 e. The number of rotatable bonds is 6. The van der Waals surface area contributed by atoms with Gasteiger partial charge in [-0.1, -0.05) is 11.6 Å². The Morgan fingerprint density at radius 2 is 2.05 bits per heavy atom. The summed E-state index contributed by atoms with van der Waals surface area (Å²) in [6, 6.07) is 0. The molecule has 19 heavy (non-hydrogen) atoms. The zero-order valence-electron chi connectivity index (χ0n) is 12.3. The van der Waals surface area contributed by atoms with Crippen LogP contribution in [0.1, 0.15) is 33.4 Å². The molecule has 1 rings (SSSR count). The molecule has 0 bridgehead atoms. The smallest absolute Gasteiger partial charge is 0.117 e. The first-order chi connectivity index (χ1) is 8.67. The van der Waals surface area contributed by atoms with E-state index in [-0.39, 0.29) is 5.54 Å². The van der Waals surface area contributed by atoms with Gasteiger partial charge in [0.25, 0.3) is 0 Å². The second kappa shape index (κ2) is 6.22. The van der Waals surface area contributed by atoms with Crippen molar-refractivity contribution >= 4 is 11.6 Å². The van der Waals surface area contributed by atoms with Crippen LogP contribution in [-0.4, -0.2) is 40.7 Å². The molecular weight excluding hydrogens is 266 g/mol. The second-order valence-corrected chi connectivity index (χ2v) is 6.34. The molecule has 6 heteroatoms. The number of aromatic nitrogens is 2. The lowest BCUT2D eigenvalue weighted by atomic mass is 10.00. The average molecular weight is 290 g/mol. The Bertz CT molecular complexity index is 411. The fourth-order valence-corrected chi connectivity index (χ4v) is 2.11. The zero-order valence-corrected chi connectivity index (χ0v) is 13.1. The Balaban J connectivity index is 2.89. The molecule has 0 aliphatic rings. The van der Waals surface area contributed by atoms with Crippen molar-refractivity contribution < 1.29 is 9.84 Å². The monoisotopic (exact) mass is 289 g/mol. The second-order valence-electron chi connectivity index (χ2n) is 5.93. The first kappa shape index (κ1) is 16.4. The molecule has 1 aromatic heterocycles. The quantitative estimate of drug-likeness (QED) is 0.838. The number of hydrogen-bond acceptors (Lipinski definition) is 4. The van der Waals surface area contributed by atoms with E-state index in [2.05, 4.69) is 10.4 Å². The van der Waals surface area contributed by atoms with Gasteiger partial charge >= 0.3 is 0 Å². The van der Waals surface area contributed by atoms with E-state index in [0.717, 1.165) is 0 Å². The van der Waals surface area contributed by atoms with Crippen LogP contribution >= 0.6 is 11.6 Å². The summed E-state index contributed by atoms with van der Waals surface area (Å²) >= 11 is 6.15.